The summed E-state index contributed by atoms with van der Waals surface area (Å²) >= 11 is 0. The smallest absolute Gasteiger partial charge is 0.126 e. The summed E-state index contributed by atoms with van der Waals surface area (Å²) in [6.45, 7) is 4.53. The van der Waals surface area contributed by atoms with Gasteiger partial charge in [-0.3, -0.25) is 0 Å². The summed E-state index contributed by atoms with van der Waals surface area (Å²) in [7, 11) is 0. The average molecular weight is 941 g/mol. The zero-order valence-electron chi connectivity index (χ0n) is 40.2. The highest BCUT2D eigenvalue weighted by atomic mass is 19.1. The molecule has 0 nitrogen and oxygen atoms in total. The number of benzene rings is 14. The van der Waals surface area contributed by atoms with Crippen LogP contribution in [0.25, 0.3) is 184 Å². The Morgan fingerprint density at radius 2 is 0.554 bits per heavy atom. The summed E-state index contributed by atoms with van der Waals surface area (Å²) in [6, 6.07) is 69.8. The Bertz CT molecular complexity index is 5320. The molecule has 0 aromatic heterocycles. The van der Waals surface area contributed by atoms with Gasteiger partial charge in [-0.25, -0.2) is 8.78 Å². The first-order chi connectivity index (χ1) is 36.4. The Hall–Kier alpha value is -9.24. The number of halogens is 2. The molecule has 18 aromatic rings. The molecule has 74 heavy (non-hydrogen) atoms. The molecule has 0 radical (unpaired) electrons. The molecule has 0 saturated heterocycles. The van der Waals surface area contributed by atoms with Gasteiger partial charge in [0.05, 0.1) is 0 Å². The highest BCUT2D eigenvalue weighted by Gasteiger charge is 2.31. The van der Waals surface area contributed by atoms with Crippen LogP contribution in [0.3, 0.4) is 0 Å². The van der Waals surface area contributed by atoms with Crippen molar-refractivity contribution in [2.24, 2.45) is 0 Å². The van der Waals surface area contributed by atoms with E-state index in [0.717, 1.165) is 49.3 Å². The van der Waals surface area contributed by atoms with Crippen LogP contribution >= 0.6 is 0 Å². The Labute approximate surface area is 421 Å². The second-order valence-electron chi connectivity index (χ2n) is 21.2. The van der Waals surface area contributed by atoms with Crippen LogP contribution in [0.2, 0.25) is 0 Å². The van der Waals surface area contributed by atoms with Gasteiger partial charge in [-0.15, -0.1) is 0 Å². The van der Waals surface area contributed by atoms with Gasteiger partial charge in [0.15, 0.2) is 0 Å². The van der Waals surface area contributed by atoms with E-state index in [1.54, 1.807) is 0 Å². The third-order valence-corrected chi connectivity index (χ3v) is 17.7. The number of hydrogen-bond donors (Lipinski definition) is 0. The predicted octanol–water partition coefficient (Wildman–Crippen LogP) is 20.9. The van der Waals surface area contributed by atoms with E-state index in [1.807, 2.05) is 0 Å². The van der Waals surface area contributed by atoms with Crippen LogP contribution in [0.1, 0.15) is 11.1 Å². The zero-order valence-corrected chi connectivity index (χ0v) is 40.2. The van der Waals surface area contributed by atoms with E-state index in [2.05, 4.69) is 190 Å². The highest BCUT2D eigenvalue weighted by Crippen LogP contribution is 2.59. The van der Waals surface area contributed by atoms with Gasteiger partial charge in [0, 0.05) is 6.07 Å². The van der Waals surface area contributed by atoms with Crippen molar-refractivity contribution in [3.05, 3.63) is 217 Å². The van der Waals surface area contributed by atoms with Crippen LogP contribution in [-0.4, -0.2) is 0 Å². The van der Waals surface area contributed by atoms with Gasteiger partial charge in [-0.1, -0.05) is 176 Å². The van der Waals surface area contributed by atoms with Crippen molar-refractivity contribution >= 4 is 151 Å². The van der Waals surface area contributed by atoms with E-state index in [1.165, 1.54) is 159 Å². The number of hydrogen-bond acceptors (Lipinski definition) is 0. The maximum atomic E-state index is 15.5. The summed E-state index contributed by atoms with van der Waals surface area (Å²) < 4.78 is 31.0. The first kappa shape index (κ1) is 39.4. The molecule has 0 saturated carbocycles. The molecule has 2 heteroatoms. The molecule has 0 aliphatic rings. The van der Waals surface area contributed by atoms with Gasteiger partial charge in [-0.05, 0) is 221 Å². The standard InChI is InChI=1S/C72H38F2/c1-35-12-3-5-16-41(35)64-68-50-21-9-14-37-15-10-22-51(57(37)50)69(68)65(42-17-6-4-13-36(42)2)71-55-30-26-49-47-27-31-56-62-53(28-24-46(59(47)62)48-25-29-54(70(64)71)63(55)60(48)49)67-58(38-32-39(73)34-40(74)33-38)52-23-11-20-44-43-18-7-8-19-45(43)66(61(44)52)72(56)67/h3-34H,1-2H3. The Morgan fingerprint density at radius 1 is 0.230 bits per heavy atom. The second kappa shape index (κ2) is 13.4. The van der Waals surface area contributed by atoms with Crippen molar-refractivity contribution in [1.82, 2.24) is 0 Å². The maximum absolute atomic E-state index is 15.5. The van der Waals surface area contributed by atoms with Crippen molar-refractivity contribution in [2.75, 3.05) is 0 Å². The van der Waals surface area contributed by atoms with Crippen LogP contribution in [0.15, 0.2) is 194 Å². The van der Waals surface area contributed by atoms with Crippen molar-refractivity contribution < 1.29 is 8.78 Å². The third-order valence-electron chi connectivity index (χ3n) is 17.7. The molecule has 18 aromatic carbocycles. The molecule has 0 N–H and O–H groups in total. The fourth-order valence-corrected chi connectivity index (χ4v) is 15.1. The molecule has 0 amide bonds. The minimum Gasteiger partial charge on any atom is -0.207 e. The lowest BCUT2D eigenvalue weighted by atomic mass is 9.85. The Kier molecular flexibility index (Phi) is 7.15. The summed E-state index contributed by atoms with van der Waals surface area (Å²) in [4.78, 5) is 0. The minimum atomic E-state index is -0.584. The molecule has 0 atom stereocenters. The summed E-state index contributed by atoms with van der Waals surface area (Å²) in [5.41, 5.74) is 9.06. The molecular formula is C72H38F2. The lowest BCUT2D eigenvalue weighted by Crippen LogP contribution is -1.91. The van der Waals surface area contributed by atoms with Crippen molar-refractivity contribution in [3.63, 3.8) is 0 Å². The van der Waals surface area contributed by atoms with Crippen LogP contribution in [0.4, 0.5) is 8.78 Å². The molecule has 18 rings (SSSR count). The van der Waals surface area contributed by atoms with Crippen molar-refractivity contribution in [2.45, 2.75) is 13.8 Å². The van der Waals surface area contributed by atoms with E-state index in [9.17, 15) is 0 Å². The first-order valence-electron chi connectivity index (χ1n) is 25.7. The quantitative estimate of drug-likeness (QED) is 0.122. The van der Waals surface area contributed by atoms with E-state index in [4.69, 9.17) is 0 Å². The predicted molar refractivity (Wildman–Crippen MR) is 313 cm³/mol. The molecule has 0 aliphatic carbocycles. The van der Waals surface area contributed by atoms with Crippen LogP contribution in [-0.2, 0) is 0 Å². The molecule has 0 spiro atoms. The van der Waals surface area contributed by atoms with E-state index in [0.29, 0.717) is 5.56 Å². The molecule has 0 fully saturated rings. The fraction of sp³-hybridized carbons (Fsp3) is 0.0278. The van der Waals surface area contributed by atoms with Crippen LogP contribution < -0.4 is 0 Å². The summed E-state index contributed by atoms with van der Waals surface area (Å²) in [6.07, 6.45) is 0. The van der Waals surface area contributed by atoms with Crippen LogP contribution in [0, 0.1) is 25.5 Å². The van der Waals surface area contributed by atoms with Gasteiger partial charge in [0.25, 0.3) is 0 Å². The van der Waals surface area contributed by atoms with Gasteiger partial charge < -0.3 is 0 Å². The fourth-order valence-electron chi connectivity index (χ4n) is 15.1. The van der Waals surface area contributed by atoms with Crippen molar-refractivity contribution in [3.8, 4) is 33.4 Å². The normalized spacial score (nSPS) is 12.9. The third kappa shape index (κ3) is 4.53. The molecular weight excluding hydrogens is 903 g/mol. The zero-order chi connectivity index (χ0) is 48.6. The number of fused-ring (bicyclic) bond motifs is 15. The molecule has 0 aliphatic heterocycles. The topological polar surface area (TPSA) is 0 Å². The Balaban J connectivity index is 1.06. The monoisotopic (exact) mass is 940 g/mol. The van der Waals surface area contributed by atoms with Gasteiger partial charge in [0.1, 0.15) is 11.6 Å². The van der Waals surface area contributed by atoms with Crippen LogP contribution in [0.5, 0.6) is 0 Å². The summed E-state index contributed by atoms with van der Waals surface area (Å²) in [5, 5.41) is 34.2. The van der Waals surface area contributed by atoms with E-state index < -0.39 is 11.6 Å². The minimum absolute atomic E-state index is 0.546. The molecule has 0 heterocycles. The number of rotatable bonds is 3. The maximum Gasteiger partial charge on any atom is 0.126 e. The molecule has 0 bridgehead atoms. The lowest BCUT2D eigenvalue weighted by molar-refractivity contribution is 0.584. The van der Waals surface area contributed by atoms with E-state index in [-0.39, 0.29) is 0 Å². The van der Waals surface area contributed by atoms with Gasteiger partial charge in [-0.2, -0.15) is 0 Å². The number of aryl methyl sites for hydroxylation is 2. The lowest BCUT2D eigenvalue weighted by Gasteiger charge is -2.17. The van der Waals surface area contributed by atoms with Gasteiger partial charge >= 0.3 is 0 Å². The van der Waals surface area contributed by atoms with Gasteiger partial charge in [0.2, 0.25) is 0 Å². The first-order valence-corrected chi connectivity index (χ1v) is 25.7. The summed E-state index contributed by atoms with van der Waals surface area (Å²) in [5.74, 6) is -1.17. The van der Waals surface area contributed by atoms with Crippen molar-refractivity contribution in [1.29, 1.82) is 0 Å². The molecule has 340 valence electrons. The highest BCUT2D eigenvalue weighted by molar-refractivity contribution is 6.53. The van der Waals surface area contributed by atoms with E-state index >= 15 is 8.78 Å². The molecule has 0 unspecified atom stereocenters. The average Bonchev–Trinajstić information content (AvgIpc) is 4.32. The largest absolute Gasteiger partial charge is 0.207 e. The SMILES string of the molecule is Cc1ccccc1-c1c2c3cccc4cccc(c2c(-c2ccccc2C)c2c5ccc6c7ccc8c9c(ccc(c%10ccc(c12)c5c%106)c79)c1c(-c2cc(F)cc(F)c2)c2cccc5c6ccccc6c(c25)c81)c43. The second-order valence-corrected chi connectivity index (χ2v) is 21.2. The Morgan fingerprint density at radius 3 is 1.08 bits per heavy atom.